The summed E-state index contributed by atoms with van der Waals surface area (Å²) >= 11 is 0. The second-order valence-corrected chi connectivity index (χ2v) is 8.40. The first-order valence-corrected chi connectivity index (χ1v) is 10.5. The smallest absolute Gasteiger partial charge is 0.177 e. The molecule has 5 rings (SSSR count). The largest absolute Gasteiger partial charge is 0.390 e. The molecule has 3 aromatic heterocycles. The summed E-state index contributed by atoms with van der Waals surface area (Å²) in [6, 6.07) is 1.88. The zero-order chi connectivity index (χ0) is 21.6. The molecule has 0 unspecified atom stereocenters. The number of nitrogens with two attached hydrogens (primary N) is 1. The van der Waals surface area contributed by atoms with Gasteiger partial charge in [0.25, 0.3) is 0 Å². The maximum Gasteiger partial charge on any atom is 0.177 e. The van der Waals surface area contributed by atoms with Crippen molar-refractivity contribution in [3.63, 3.8) is 0 Å². The highest BCUT2D eigenvalue weighted by Crippen LogP contribution is 2.42. The number of hydrogen-bond donors (Lipinski definition) is 3. The van der Waals surface area contributed by atoms with Crippen LogP contribution in [0.25, 0.3) is 11.2 Å². The van der Waals surface area contributed by atoms with E-state index in [0.29, 0.717) is 35.0 Å². The van der Waals surface area contributed by atoms with Crippen LogP contribution in [0.15, 0.2) is 12.3 Å². The van der Waals surface area contributed by atoms with Gasteiger partial charge in [-0.2, -0.15) is 10.2 Å². The molecule has 10 heteroatoms. The highest BCUT2D eigenvalue weighted by Gasteiger charge is 2.47. The van der Waals surface area contributed by atoms with Crippen LogP contribution >= 0.6 is 0 Å². The molecular weight excluding hydrogens is 396 g/mol. The maximum atomic E-state index is 9.99. The van der Waals surface area contributed by atoms with E-state index in [1.807, 2.05) is 20.0 Å². The fourth-order valence-electron chi connectivity index (χ4n) is 4.57. The molecule has 0 amide bonds. The second-order valence-electron chi connectivity index (χ2n) is 8.40. The van der Waals surface area contributed by atoms with E-state index in [2.05, 4.69) is 37.0 Å². The number of piperidine rings is 1. The number of aliphatic hydroxyl groups is 1. The standard InChI is InChI=1S/C21H26N8O2/c1-13-18(22)21(12-31-13)6-9-29(10-7-21)20-16(11-30)24-17-15(26-27-19(17)25-20)4-3-14-5-8-23-28(14)2/h5,8,13,18,30H,6-7,9-12,22H2,1-2H3,(H,25,26,27)/t13-,18+/m0/s1. The van der Waals surface area contributed by atoms with E-state index in [9.17, 15) is 5.11 Å². The first-order valence-electron chi connectivity index (χ1n) is 10.5. The molecule has 0 saturated carbocycles. The molecule has 2 aliphatic rings. The van der Waals surface area contributed by atoms with Gasteiger partial charge in [-0.3, -0.25) is 9.78 Å². The van der Waals surface area contributed by atoms with Crippen LogP contribution in [0, 0.1) is 17.3 Å². The van der Waals surface area contributed by atoms with Crippen molar-refractivity contribution < 1.29 is 9.84 Å². The minimum Gasteiger partial charge on any atom is -0.390 e. The van der Waals surface area contributed by atoms with Gasteiger partial charge in [-0.05, 0) is 37.7 Å². The molecule has 31 heavy (non-hydrogen) atoms. The maximum absolute atomic E-state index is 9.99. The quantitative estimate of drug-likeness (QED) is 0.503. The molecule has 2 fully saturated rings. The zero-order valence-corrected chi connectivity index (χ0v) is 17.7. The van der Waals surface area contributed by atoms with Crippen molar-refractivity contribution in [2.45, 2.75) is 38.5 Å². The highest BCUT2D eigenvalue weighted by atomic mass is 16.5. The number of aromatic amines is 1. The number of H-pyrrole nitrogens is 1. The van der Waals surface area contributed by atoms with Gasteiger partial charge in [-0.1, -0.05) is 0 Å². The van der Waals surface area contributed by atoms with Gasteiger partial charge in [0.2, 0.25) is 0 Å². The summed E-state index contributed by atoms with van der Waals surface area (Å²) in [5.41, 5.74) is 9.35. The summed E-state index contributed by atoms with van der Waals surface area (Å²) in [6.45, 7) is 4.12. The summed E-state index contributed by atoms with van der Waals surface area (Å²) in [5, 5.41) is 21.3. The summed E-state index contributed by atoms with van der Waals surface area (Å²) < 4.78 is 7.51. The van der Waals surface area contributed by atoms with Gasteiger partial charge >= 0.3 is 0 Å². The number of anilines is 1. The van der Waals surface area contributed by atoms with Crippen LogP contribution < -0.4 is 10.6 Å². The third-order valence-corrected chi connectivity index (χ3v) is 6.63. The average Bonchev–Trinajstić information content (AvgIpc) is 3.46. The molecule has 0 radical (unpaired) electrons. The van der Waals surface area contributed by atoms with Gasteiger partial charge in [0, 0.05) is 31.6 Å². The Labute approximate surface area is 179 Å². The van der Waals surface area contributed by atoms with Gasteiger partial charge in [-0.25, -0.2) is 9.97 Å². The fourth-order valence-corrected chi connectivity index (χ4v) is 4.57. The molecule has 3 aromatic rings. The molecule has 0 bridgehead atoms. The predicted octanol–water partition coefficient (Wildman–Crippen LogP) is 0.311. The van der Waals surface area contributed by atoms with Crippen LogP contribution in [0.2, 0.25) is 0 Å². The Morgan fingerprint density at radius 1 is 1.32 bits per heavy atom. The van der Waals surface area contributed by atoms with Crippen molar-refractivity contribution in [1.82, 2.24) is 29.9 Å². The molecule has 1 spiro atoms. The zero-order valence-electron chi connectivity index (χ0n) is 17.7. The average molecular weight is 422 g/mol. The number of aliphatic hydroxyl groups excluding tert-OH is 1. The summed E-state index contributed by atoms with van der Waals surface area (Å²) in [7, 11) is 1.83. The number of aromatic nitrogens is 6. The van der Waals surface area contributed by atoms with Crippen molar-refractivity contribution >= 4 is 17.0 Å². The van der Waals surface area contributed by atoms with Gasteiger partial charge in [0.1, 0.15) is 16.9 Å². The minimum atomic E-state index is -0.209. The predicted molar refractivity (Wildman–Crippen MR) is 114 cm³/mol. The molecule has 2 atom stereocenters. The molecule has 0 aromatic carbocycles. The van der Waals surface area contributed by atoms with E-state index in [1.54, 1.807) is 10.9 Å². The van der Waals surface area contributed by atoms with E-state index in [0.717, 1.165) is 31.6 Å². The van der Waals surface area contributed by atoms with Crippen molar-refractivity contribution in [3.8, 4) is 11.8 Å². The Morgan fingerprint density at radius 2 is 2.13 bits per heavy atom. The first kappa shape index (κ1) is 19.9. The molecule has 2 aliphatic heterocycles. The molecule has 10 nitrogen and oxygen atoms in total. The van der Waals surface area contributed by atoms with Gasteiger partial charge < -0.3 is 20.5 Å². The lowest BCUT2D eigenvalue weighted by molar-refractivity contribution is 0.0973. The van der Waals surface area contributed by atoms with Crippen LogP contribution in [0.3, 0.4) is 0 Å². The minimum absolute atomic E-state index is 0.0232. The van der Waals surface area contributed by atoms with Crippen LogP contribution in [0.1, 0.15) is 36.8 Å². The number of ether oxygens (including phenoxy) is 1. The van der Waals surface area contributed by atoms with Crippen LogP contribution in [0.4, 0.5) is 5.82 Å². The van der Waals surface area contributed by atoms with Crippen molar-refractivity contribution in [1.29, 1.82) is 0 Å². The third kappa shape index (κ3) is 3.35. The van der Waals surface area contributed by atoms with Gasteiger partial charge in [0.05, 0.1) is 25.5 Å². The Hall–Kier alpha value is -3.00. The fraction of sp³-hybridized carbons (Fsp3) is 0.524. The topological polar surface area (TPSA) is 131 Å². The number of nitrogens with one attached hydrogen (secondary N) is 1. The molecular formula is C21H26N8O2. The van der Waals surface area contributed by atoms with Crippen molar-refractivity contribution in [3.05, 3.63) is 29.3 Å². The van der Waals surface area contributed by atoms with Crippen LogP contribution in [0.5, 0.6) is 0 Å². The van der Waals surface area contributed by atoms with E-state index in [4.69, 9.17) is 15.5 Å². The van der Waals surface area contributed by atoms with Crippen molar-refractivity contribution in [2.24, 2.45) is 18.2 Å². The Kier molecular flexibility index (Phi) is 4.89. The van der Waals surface area contributed by atoms with E-state index in [1.165, 1.54) is 0 Å². The molecule has 4 N–H and O–H groups in total. The highest BCUT2D eigenvalue weighted by molar-refractivity contribution is 5.78. The summed E-state index contributed by atoms with van der Waals surface area (Å²) in [4.78, 5) is 11.6. The Morgan fingerprint density at radius 3 is 2.77 bits per heavy atom. The summed E-state index contributed by atoms with van der Waals surface area (Å²) in [5.74, 6) is 6.75. The normalized spacial score (nSPS) is 22.8. The number of rotatable bonds is 2. The molecule has 162 valence electrons. The number of nitrogens with zero attached hydrogens (tertiary/aromatic N) is 6. The lowest BCUT2D eigenvalue weighted by Gasteiger charge is -2.41. The third-order valence-electron chi connectivity index (χ3n) is 6.63. The van der Waals surface area contributed by atoms with E-state index < -0.39 is 0 Å². The molecule has 2 saturated heterocycles. The Balaban J connectivity index is 1.42. The number of fused-ring (bicyclic) bond motifs is 1. The van der Waals surface area contributed by atoms with Crippen molar-refractivity contribution in [2.75, 3.05) is 24.6 Å². The van der Waals surface area contributed by atoms with Crippen LogP contribution in [-0.2, 0) is 18.4 Å². The Bertz CT molecular complexity index is 1170. The van der Waals surface area contributed by atoms with Gasteiger partial charge in [0.15, 0.2) is 17.2 Å². The lowest BCUT2D eigenvalue weighted by Crippen LogP contribution is -2.51. The lowest BCUT2D eigenvalue weighted by atomic mass is 9.73. The second kappa shape index (κ2) is 7.60. The molecule has 0 aliphatic carbocycles. The SMILES string of the molecule is C[C@@H]1OCC2(CCN(c3nc4[nH]nc(C#Cc5ccnn5C)c4nc3CO)CC2)[C@@H]1N. The number of hydrogen-bond acceptors (Lipinski definition) is 8. The van der Waals surface area contributed by atoms with Gasteiger partial charge in [-0.15, -0.1) is 0 Å². The molecule has 5 heterocycles. The first-order chi connectivity index (χ1) is 15.0. The number of aryl methyl sites for hydroxylation is 1. The monoisotopic (exact) mass is 422 g/mol. The summed E-state index contributed by atoms with van der Waals surface area (Å²) in [6.07, 6.45) is 3.63. The van der Waals surface area contributed by atoms with E-state index >= 15 is 0 Å². The van der Waals surface area contributed by atoms with Crippen LogP contribution in [-0.4, -0.2) is 66.9 Å². The van der Waals surface area contributed by atoms with E-state index in [-0.39, 0.29) is 24.2 Å².